The van der Waals surface area contributed by atoms with E-state index in [2.05, 4.69) is 0 Å². The maximum absolute atomic E-state index is 12.2. The van der Waals surface area contributed by atoms with Crippen molar-refractivity contribution in [3.05, 3.63) is 35.5 Å². The fraction of sp³-hybridized carbons (Fsp3) is 0.500. The summed E-state index contributed by atoms with van der Waals surface area (Å²) in [7, 11) is 0. The van der Waals surface area contributed by atoms with E-state index in [1.54, 1.807) is 0 Å². The molecule has 0 heterocycles. The van der Waals surface area contributed by atoms with Gasteiger partial charge in [-0.25, -0.2) is 0 Å². The minimum absolute atomic E-state index is 0. The molecular weight excluding hydrogens is 296 g/mol. The van der Waals surface area contributed by atoms with E-state index in [-0.39, 0.29) is 19.0 Å². The van der Waals surface area contributed by atoms with Gasteiger partial charge in [0.25, 0.3) is 0 Å². The number of likely N-dealkylation sites (N-methyl/N-ethyl adjacent to an activating group) is 1. The highest BCUT2D eigenvalue weighted by molar-refractivity contribution is 6.20. The first-order valence-electron chi connectivity index (χ1n) is 5.58. The molecule has 0 aromatic heterocycles. The average molecular weight is 315 g/mol. The predicted octanol–water partition coefficient (Wildman–Crippen LogP) is 3.63. The smallest absolute Gasteiger partial charge is 0.220 e. The second-order valence-electron chi connectivity index (χ2n) is 3.81. The van der Waals surface area contributed by atoms with Gasteiger partial charge in [0, 0.05) is 0 Å². The Balaban J connectivity index is 0.00000289. The Morgan fingerprint density at radius 1 is 1.33 bits per heavy atom. The standard InChI is InChI=1S/C12H17Cl2NO2.ClH/c1-2-15(16,9-8-13)10-12(14)17-11-6-4-3-5-7-11;/h3-7,12H,2,8-10H2,1H3;1H. The van der Waals surface area contributed by atoms with Crippen LogP contribution in [0.3, 0.4) is 0 Å². The third-order valence-corrected chi connectivity index (χ3v) is 2.95. The highest BCUT2D eigenvalue weighted by Crippen LogP contribution is 2.16. The van der Waals surface area contributed by atoms with Crippen molar-refractivity contribution >= 4 is 35.6 Å². The van der Waals surface area contributed by atoms with Crippen LogP contribution in [-0.2, 0) is 0 Å². The molecule has 3 nitrogen and oxygen atoms in total. The van der Waals surface area contributed by atoms with Gasteiger partial charge >= 0.3 is 0 Å². The van der Waals surface area contributed by atoms with Gasteiger partial charge in [-0.05, 0) is 19.1 Å². The molecule has 0 radical (unpaired) electrons. The molecule has 1 aromatic rings. The van der Waals surface area contributed by atoms with Crippen molar-refractivity contribution in [2.75, 3.05) is 25.5 Å². The highest BCUT2D eigenvalue weighted by atomic mass is 35.5. The van der Waals surface area contributed by atoms with Gasteiger partial charge in [-0.1, -0.05) is 29.8 Å². The van der Waals surface area contributed by atoms with Gasteiger partial charge < -0.3 is 14.6 Å². The summed E-state index contributed by atoms with van der Waals surface area (Å²) in [5.41, 5.74) is -0.641. The fourth-order valence-electron chi connectivity index (χ4n) is 1.48. The minimum Gasteiger partial charge on any atom is -0.633 e. The number of quaternary nitrogens is 1. The van der Waals surface area contributed by atoms with Crippen molar-refractivity contribution in [1.29, 1.82) is 0 Å². The summed E-state index contributed by atoms with van der Waals surface area (Å²) in [4.78, 5) is 0. The molecule has 0 spiro atoms. The Hall–Kier alpha value is -0.190. The molecule has 0 saturated carbocycles. The normalized spacial score (nSPS) is 15.3. The van der Waals surface area contributed by atoms with Crippen molar-refractivity contribution in [1.82, 2.24) is 0 Å². The van der Waals surface area contributed by atoms with E-state index in [1.165, 1.54) is 0 Å². The summed E-state index contributed by atoms with van der Waals surface area (Å²) < 4.78 is 5.04. The number of nitrogens with zero attached hydrogens (tertiary/aromatic N) is 1. The van der Waals surface area contributed by atoms with Gasteiger partial charge in [-0.2, -0.15) is 0 Å². The lowest BCUT2D eigenvalue weighted by Crippen LogP contribution is -2.48. The van der Waals surface area contributed by atoms with Crippen LogP contribution in [0.15, 0.2) is 30.3 Å². The fourth-order valence-corrected chi connectivity index (χ4v) is 2.14. The van der Waals surface area contributed by atoms with E-state index in [4.69, 9.17) is 27.9 Å². The van der Waals surface area contributed by atoms with Gasteiger partial charge in [-0.15, -0.1) is 24.0 Å². The second kappa shape index (κ2) is 8.83. The Morgan fingerprint density at radius 3 is 2.44 bits per heavy atom. The number of rotatable bonds is 7. The third kappa shape index (κ3) is 6.12. The average Bonchev–Trinajstić information content (AvgIpc) is 2.30. The van der Waals surface area contributed by atoms with Crippen molar-refractivity contribution in [2.24, 2.45) is 0 Å². The van der Waals surface area contributed by atoms with E-state index in [9.17, 15) is 5.21 Å². The SMILES string of the molecule is CC[N+]([O-])(CCCl)CC(Cl)Oc1ccccc1.Cl. The molecule has 0 bridgehead atoms. The van der Waals surface area contributed by atoms with E-state index < -0.39 is 10.2 Å². The quantitative estimate of drug-likeness (QED) is 0.437. The summed E-state index contributed by atoms with van der Waals surface area (Å²) in [5, 5.41) is 12.2. The number of hydroxylamine groups is 3. The molecule has 0 N–H and O–H groups in total. The van der Waals surface area contributed by atoms with Crippen LogP contribution in [0.1, 0.15) is 6.92 Å². The predicted molar refractivity (Wildman–Crippen MR) is 78.6 cm³/mol. The van der Waals surface area contributed by atoms with Crippen LogP contribution in [0.25, 0.3) is 0 Å². The van der Waals surface area contributed by atoms with Gasteiger partial charge in [0.15, 0.2) is 0 Å². The van der Waals surface area contributed by atoms with Crippen LogP contribution >= 0.6 is 35.6 Å². The zero-order valence-electron chi connectivity index (χ0n) is 10.2. The van der Waals surface area contributed by atoms with Crippen LogP contribution < -0.4 is 4.74 Å². The van der Waals surface area contributed by atoms with Gasteiger partial charge in [0.1, 0.15) is 12.3 Å². The van der Waals surface area contributed by atoms with Crippen LogP contribution in [0.5, 0.6) is 5.75 Å². The number of hydrogen-bond acceptors (Lipinski definition) is 2. The maximum atomic E-state index is 12.2. The molecule has 0 aliphatic rings. The highest BCUT2D eigenvalue weighted by Gasteiger charge is 2.20. The van der Waals surface area contributed by atoms with Crippen molar-refractivity contribution in [3.8, 4) is 5.75 Å². The summed E-state index contributed by atoms with van der Waals surface area (Å²) in [6, 6.07) is 9.22. The Bertz CT molecular complexity index is 326. The van der Waals surface area contributed by atoms with E-state index in [0.29, 0.717) is 24.7 Å². The Morgan fingerprint density at radius 2 is 1.94 bits per heavy atom. The Labute approximate surface area is 124 Å². The summed E-state index contributed by atoms with van der Waals surface area (Å²) in [6.45, 7) is 2.80. The number of halogens is 3. The lowest BCUT2D eigenvalue weighted by Gasteiger charge is -2.42. The van der Waals surface area contributed by atoms with Crippen LogP contribution in [0.4, 0.5) is 0 Å². The van der Waals surface area contributed by atoms with Gasteiger partial charge in [0.05, 0.1) is 19.0 Å². The number of alkyl halides is 2. The molecule has 0 fully saturated rings. The molecule has 1 aromatic carbocycles. The third-order valence-electron chi connectivity index (χ3n) is 2.55. The van der Waals surface area contributed by atoms with E-state index in [1.807, 2.05) is 37.3 Å². The second-order valence-corrected chi connectivity index (χ2v) is 4.68. The number of hydrogen-bond donors (Lipinski definition) is 0. The molecule has 104 valence electrons. The molecule has 18 heavy (non-hydrogen) atoms. The molecule has 2 atom stereocenters. The number of para-hydroxylation sites is 1. The van der Waals surface area contributed by atoms with Crippen molar-refractivity contribution in [2.45, 2.75) is 12.5 Å². The summed E-state index contributed by atoms with van der Waals surface area (Å²) in [5.74, 6) is 0.993. The largest absolute Gasteiger partial charge is 0.633 e. The van der Waals surface area contributed by atoms with Gasteiger partial charge in [-0.3, -0.25) is 0 Å². The monoisotopic (exact) mass is 313 g/mol. The topological polar surface area (TPSA) is 32.3 Å². The van der Waals surface area contributed by atoms with E-state index in [0.717, 1.165) is 0 Å². The van der Waals surface area contributed by atoms with Gasteiger partial charge in [0.2, 0.25) is 5.56 Å². The zero-order valence-corrected chi connectivity index (χ0v) is 12.5. The van der Waals surface area contributed by atoms with Crippen molar-refractivity contribution in [3.63, 3.8) is 0 Å². The molecule has 0 aliphatic carbocycles. The molecule has 6 heteroatoms. The lowest BCUT2D eigenvalue weighted by molar-refractivity contribution is -0.877. The molecule has 2 unspecified atom stereocenters. The molecule has 0 amide bonds. The maximum Gasteiger partial charge on any atom is 0.220 e. The first-order valence-corrected chi connectivity index (χ1v) is 6.55. The first kappa shape index (κ1) is 17.8. The molecule has 0 saturated heterocycles. The zero-order chi connectivity index (χ0) is 12.7. The molecule has 0 aliphatic heterocycles. The van der Waals surface area contributed by atoms with E-state index >= 15 is 0 Å². The van der Waals surface area contributed by atoms with Crippen LogP contribution in [0, 0.1) is 5.21 Å². The lowest BCUT2D eigenvalue weighted by atomic mass is 10.3. The van der Waals surface area contributed by atoms with Crippen LogP contribution in [0.2, 0.25) is 0 Å². The molecule has 1 rings (SSSR count). The number of ether oxygens (including phenoxy) is 1. The summed E-state index contributed by atoms with van der Waals surface area (Å²) >= 11 is 11.6. The number of benzene rings is 1. The Kier molecular flexibility index (Phi) is 8.74. The molecular formula is C12H18Cl3NO2. The van der Waals surface area contributed by atoms with Crippen molar-refractivity contribution < 1.29 is 9.38 Å². The summed E-state index contributed by atoms with van der Waals surface area (Å²) in [6.07, 6.45) is 0. The minimum atomic E-state index is -0.641. The van der Waals surface area contributed by atoms with Crippen LogP contribution in [-0.4, -0.2) is 35.7 Å². The first-order chi connectivity index (χ1) is 8.09.